The quantitative estimate of drug-likeness (QED) is 0.464. The van der Waals surface area contributed by atoms with Crippen LogP contribution in [-0.2, 0) is 13.6 Å². The van der Waals surface area contributed by atoms with E-state index in [4.69, 9.17) is 4.74 Å². The first-order valence-electron chi connectivity index (χ1n) is 11.7. The Balaban J connectivity index is 1.27. The molecule has 1 saturated heterocycles. The number of methoxy groups -OCH3 is 1. The number of H-pyrrole nitrogens is 1. The Kier molecular flexibility index (Phi) is 5.68. The summed E-state index contributed by atoms with van der Waals surface area (Å²) < 4.78 is 10.7. The molecule has 0 aliphatic carbocycles. The van der Waals surface area contributed by atoms with E-state index >= 15 is 0 Å². The van der Waals surface area contributed by atoms with Crippen LogP contribution in [0.15, 0.2) is 33.9 Å². The number of ether oxygens (including phenoxy) is 1. The van der Waals surface area contributed by atoms with Crippen LogP contribution in [0.1, 0.15) is 17.8 Å². The standard InChI is InChI=1S/C24H31N7O3/c1-16-17(2)31-20-21(27(3)24(33)26-22(20)32)25-23(31)30(16)11-5-10-28-12-14-29(15-13-28)18-6-8-19(34-4)9-7-18/h6-9H,5,10-15H2,1-4H3,(H,26,32,33). The molecule has 1 aliphatic heterocycles. The van der Waals surface area contributed by atoms with E-state index in [9.17, 15) is 9.59 Å². The molecular formula is C24H31N7O3. The number of aromatic nitrogens is 5. The fourth-order valence-corrected chi connectivity index (χ4v) is 4.92. The van der Waals surface area contributed by atoms with Gasteiger partial charge in [0.15, 0.2) is 11.2 Å². The highest BCUT2D eigenvalue weighted by Gasteiger charge is 2.21. The summed E-state index contributed by atoms with van der Waals surface area (Å²) >= 11 is 0. The van der Waals surface area contributed by atoms with Crippen LogP contribution in [0.25, 0.3) is 16.9 Å². The Morgan fingerprint density at radius 2 is 1.71 bits per heavy atom. The number of piperazine rings is 1. The third kappa shape index (κ3) is 3.67. The number of benzene rings is 1. The van der Waals surface area contributed by atoms with E-state index in [2.05, 4.69) is 43.4 Å². The predicted molar refractivity (Wildman–Crippen MR) is 132 cm³/mol. The van der Waals surface area contributed by atoms with Gasteiger partial charge < -0.3 is 14.2 Å². The molecule has 0 unspecified atom stereocenters. The summed E-state index contributed by atoms with van der Waals surface area (Å²) in [4.78, 5) is 36.5. The second-order valence-corrected chi connectivity index (χ2v) is 8.94. The van der Waals surface area contributed by atoms with E-state index in [1.807, 2.05) is 23.5 Å². The molecule has 0 amide bonds. The molecule has 0 atom stereocenters. The SMILES string of the molecule is COc1ccc(N2CCN(CCCn3c(C)c(C)n4c5c(=O)[nH]c(=O)n(C)c5nc34)CC2)cc1. The number of hydrogen-bond acceptors (Lipinski definition) is 6. The lowest BCUT2D eigenvalue weighted by atomic mass is 10.2. The van der Waals surface area contributed by atoms with E-state index < -0.39 is 11.2 Å². The number of nitrogens with one attached hydrogen (secondary N) is 1. The van der Waals surface area contributed by atoms with Gasteiger partial charge in [-0.3, -0.25) is 23.6 Å². The van der Waals surface area contributed by atoms with E-state index in [1.54, 1.807) is 14.2 Å². The molecule has 5 rings (SSSR count). The lowest BCUT2D eigenvalue weighted by molar-refractivity contribution is 0.250. The van der Waals surface area contributed by atoms with Gasteiger partial charge in [0.05, 0.1) is 7.11 Å². The molecule has 10 heteroatoms. The van der Waals surface area contributed by atoms with Crippen LogP contribution in [0, 0.1) is 13.8 Å². The predicted octanol–water partition coefficient (Wildman–Crippen LogP) is 1.51. The number of aryl methyl sites for hydroxylation is 3. The van der Waals surface area contributed by atoms with Gasteiger partial charge in [-0.05, 0) is 51.1 Å². The van der Waals surface area contributed by atoms with Crippen molar-refractivity contribution in [1.82, 2.24) is 28.4 Å². The third-order valence-corrected chi connectivity index (χ3v) is 7.07. The second-order valence-electron chi connectivity index (χ2n) is 8.94. The summed E-state index contributed by atoms with van der Waals surface area (Å²) in [6, 6.07) is 8.25. The minimum atomic E-state index is -0.451. The smallest absolute Gasteiger partial charge is 0.329 e. The minimum Gasteiger partial charge on any atom is -0.497 e. The van der Waals surface area contributed by atoms with Crippen LogP contribution < -0.4 is 20.9 Å². The Labute approximate surface area is 197 Å². The number of imidazole rings is 2. The molecule has 1 aromatic carbocycles. The molecule has 180 valence electrons. The number of rotatable bonds is 6. The average molecular weight is 466 g/mol. The topological polar surface area (TPSA) is 92.8 Å². The summed E-state index contributed by atoms with van der Waals surface area (Å²) in [5, 5.41) is 0. The van der Waals surface area contributed by atoms with Crippen molar-refractivity contribution in [3.63, 3.8) is 0 Å². The lowest BCUT2D eigenvalue weighted by Gasteiger charge is -2.36. The monoisotopic (exact) mass is 465 g/mol. The van der Waals surface area contributed by atoms with Crippen molar-refractivity contribution in [2.75, 3.05) is 44.7 Å². The van der Waals surface area contributed by atoms with Gasteiger partial charge in [0, 0.05) is 56.8 Å². The highest BCUT2D eigenvalue weighted by atomic mass is 16.5. The first-order chi connectivity index (χ1) is 16.4. The maximum Gasteiger partial charge on any atom is 0.329 e. The number of hydrogen-bond donors (Lipinski definition) is 1. The fourth-order valence-electron chi connectivity index (χ4n) is 4.92. The van der Waals surface area contributed by atoms with Crippen LogP contribution in [0.3, 0.4) is 0 Å². The molecule has 10 nitrogen and oxygen atoms in total. The van der Waals surface area contributed by atoms with Crippen LogP contribution in [0.5, 0.6) is 5.75 Å². The van der Waals surface area contributed by atoms with E-state index in [0.717, 1.165) is 62.8 Å². The molecule has 3 aromatic heterocycles. The molecular weight excluding hydrogens is 434 g/mol. The van der Waals surface area contributed by atoms with E-state index in [-0.39, 0.29) is 0 Å². The number of nitrogens with zero attached hydrogens (tertiary/aromatic N) is 6. The van der Waals surface area contributed by atoms with Gasteiger partial charge in [-0.1, -0.05) is 0 Å². The Morgan fingerprint density at radius 3 is 2.38 bits per heavy atom. The van der Waals surface area contributed by atoms with Gasteiger partial charge in [0.1, 0.15) is 5.75 Å². The molecule has 1 aliphatic rings. The molecule has 0 bridgehead atoms. The van der Waals surface area contributed by atoms with E-state index in [1.165, 1.54) is 10.3 Å². The molecule has 1 N–H and O–H groups in total. The Bertz CT molecular complexity index is 1450. The van der Waals surface area contributed by atoms with Gasteiger partial charge in [-0.15, -0.1) is 0 Å². The van der Waals surface area contributed by atoms with Crippen molar-refractivity contribution in [1.29, 1.82) is 0 Å². The summed E-state index contributed by atoms with van der Waals surface area (Å²) in [6.45, 7) is 9.89. The third-order valence-electron chi connectivity index (χ3n) is 7.07. The summed E-state index contributed by atoms with van der Waals surface area (Å²) in [7, 11) is 3.32. The summed E-state index contributed by atoms with van der Waals surface area (Å²) in [6.07, 6.45) is 0.978. The minimum absolute atomic E-state index is 0.402. The van der Waals surface area contributed by atoms with Crippen molar-refractivity contribution in [2.45, 2.75) is 26.8 Å². The second kappa shape index (κ2) is 8.68. The van der Waals surface area contributed by atoms with Gasteiger partial charge in [-0.2, -0.15) is 4.98 Å². The fraction of sp³-hybridized carbons (Fsp3) is 0.458. The normalized spacial score (nSPS) is 15.0. The maximum absolute atomic E-state index is 12.5. The first kappa shape index (κ1) is 22.3. The molecule has 1 fully saturated rings. The number of anilines is 1. The summed E-state index contributed by atoms with van der Waals surface area (Å²) in [5.41, 5.74) is 3.27. The van der Waals surface area contributed by atoms with Crippen molar-refractivity contribution in [3.05, 3.63) is 56.5 Å². The number of aromatic amines is 1. The van der Waals surface area contributed by atoms with Crippen molar-refractivity contribution in [3.8, 4) is 5.75 Å². The zero-order valence-electron chi connectivity index (χ0n) is 20.2. The average Bonchev–Trinajstić information content (AvgIpc) is 3.35. The van der Waals surface area contributed by atoms with Crippen molar-refractivity contribution < 1.29 is 4.74 Å². The lowest BCUT2D eigenvalue weighted by Crippen LogP contribution is -2.46. The molecule has 0 saturated carbocycles. The van der Waals surface area contributed by atoms with Gasteiger partial charge in [0.25, 0.3) is 5.56 Å². The first-order valence-corrected chi connectivity index (χ1v) is 11.7. The zero-order chi connectivity index (χ0) is 24.0. The molecule has 34 heavy (non-hydrogen) atoms. The molecule has 4 heterocycles. The molecule has 4 aromatic rings. The highest BCUT2D eigenvalue weighted by molar-refractivity contribution is 5.76. The van der Waals surface area contributed by atoms with Crippen molar-refractivity contribution in [2.24, 2.45) is 7.05 Å². The molecule has 0 spiro atoms. The van der Waals surface area contributed by atoms with Crippen LogP contribution >= 0.6 is 0 Å². The largest absolute Gasteiger partial charge is 0.497 e. The van der Waals surface area contributed by atoms with Crippen LogP contribution in [0.2, 0.25) is 0 Å². The Morgan fingerprint density at radius 1 is 1.00 bits per heavy atom. The van der Waals surface area contributed by atoms with E-state index in [0.29, 0.717) is 16.9 Å². The van der Waals surface area contributed by atoms with Gasteiger partial charge >= 0.3 is 5.69 Å². The van der Waals surface area contributed by atoms with Gasteiger partial charge in [0.2, 0.25) is 5.78 Å². The number of fused-ring (bicyclic) bond motifs is 3. The van der Waals surface area contributed by atoms with Crippen LogP contribution in [-0.4, -0.2) is 68.2 Å². The maximum atomic E-state index is 12.5. The summed E-state index contributed by atoms with van der Waals surface area (Å²) in [5.74, 6) is 1.59. The zero-order valence-corrected chi connectivity index (χ0v) is 20.2. The van der Waals surface area contributed by atoms with Crippen LogP contribution in [0.4, 0.5) is 5.69 Å². The van der Waals surface area contributed by atoms with Crippen molar-refractivity contribution >= 4 is 22.6 Å². The molecule has 0 radical (unpaired) electrons. The van der Waals surface area contributed by atoms with Gasteiger partial charge in [-0.25, -0.2) is 4.79 Å². The Hall–Kier alpha value is -3.53. The highest BCUT2D eigenvalue weighted by Crippen LogP contribution is 2.22.